The van der Waals surface area contributed by atoms with Gasteiger partial charge in [-0.05, 0) is 44.5 Å². The minimum absolute atomic E-state index is 0.0204. The van der Waals surface area contributed by atoms with Crippen molar-refractivity contribution in [3.8, 4) is 0 Å². The van der Waals surface area contributed by atoms with Gasteiger partial charge in [0, 0.05) is 23.0 Å². The predicted molar refractivity (Wildman–Crippen MR) is 118 cm³/mol. The average molecular weight is 447 g/mol. The molecule has 9 nitrogen and oxygen atoms in total. The van der Waals surface area contributed by atoms with E-state index in [1.807, 2.05) is 6.92 Å². The van der Waals surface area contributed by atoms with E-state index in [0.29, 0.717) is 23.7 Å². The Labute approximate surface area is 179 Å². The third-order valence-electron chi connectivity index (χ3n) is 5.53. The Morgan fingerprint density at radius 3 is 2.74 bits per heavy atom. The number of rotatable bonds is 7. The number of esters is 1. The van der Waals surface area contributed by atoms with Crippen molar-refractivity contribution in [2.24, 2.45) is 0 Å². The number of aromatic nitrogens is 2. The molecule has 1 fully saturated rings. The topological polar surface area (TPSA) is 133 Å². The first-order valence-electron chi connectivity index (χ1n) is 10.5. The van der Waals surface area contributed by atoms with Gasteiger partial charge in [-0.3, -0.25) is 4.79 Å². The molecule has 1 aromatic carbocycles. The standard InChI is InChI=1S/C21H26N4O5S/c1-2-3-11-30-21(27)14-12-23-19-17(14)18-15(24-20(19)26)5-4-6-16(18)31(28,29)25-13-7-9-22-10-8-13/h4-6,12-13,22-23,25H,2-3,7-11H2,1H3,(H,24,26). The van der Waals surface area contributed by atoms with E-state index < -0.39 is 21.6 Å². The van der Waals surface area contributed by atoms with Crippen LogP contribution in [-0.2, 0) is 14.8 Å². The van der Waals surface area contributed by atoms with Crippen LogP contribution in [0.4, 0.5) is 0 Å². The molecular weight excluding hydrogens is 420 g/mol. The number of fused-ring (bicyclic) bond motifs is 3. The quantitative estimate of drug-likeness (QED) is 0.324. The number of hydrogen-bond donors (Lipinski definition) is 4. The molecule has 1 saturated heterocycles. The van der Waals surface area contributed by atoms with Gasteiger partial charge in [0.05, 0.1) is 22.6 Å². The van der Waals surface area contributed by atoms with Crippen LogP contribution in [0.3, 0.4) is 0 Å². The number of sulfonamides is 1. The molecule has 31 heavy (non-hydrogen) atoms. The normalized spacial score (nSPS) is 15.5. The van der Waals surface area contributed by atoms with Crippen molar-refractivity contribution < 1.29 is 17.9 Å². The third-order valence-corrected chi connectivity index (χ3v) is 7.10. The van der Waals surface area contributed by atoms with E-state index in [4.69, 9.17) is 4.74 Å². The number of unbranched alkanes of at least 4 members (excludes halogenated alkanes) is 1. The van der Waals surface area contributed by atoms with Crippen molar-refractivity contribution in [1.82, 2.24) is 20.0 Å². The van der Waals surface area contributed by atoms with Gasteiger partial charge in [-0.15, -0.1) is 0 Å². The summed E-state index contributed by atoms with van der Waals surface area (Å²) in [5, 5.41) is 3.76. The van der Waals surface area contributed by atoms with E-state index in [-0.39, 0.29) is 34.0 Å². The maximum Gasteiger partial charge on any atom is 0.340 e. The van der Waals surface area contributed by atoms with Gasteiger partial charge < -0.3 is 20.0 Å². The van der Waals surface area contributed by atoms with Crippen LogP contribution in [0.25, 0.3) is 21.8 Å². The Bertz CT molecular complexity index is 1270. The predicted octanol–water partition coefficient (Wildman–Crippen LogP) is 2.00. The van der Waals surface area contributed by atoms with E-state index >= 15 is 0 Å². The molecule has 0 spiro atoms. The van der Waals surface area contributed by atoms with Crippen molar-refractivity contribution in [2.75, 3.05) is 19.7 Å². The fourth-order valence-electron chi connectivity index (χ4n) is 3.93. The number of hydrogen-bond acceptors (Lipinski definition) is 6. The van der Waals surface area contributed by atoms with Crippen LogP contribution in [0, 0.1) is 0 Å². The summed E-state index contributed by atoms with van der Waals surface area (Å²) >= 11 is 0. The van der Waals surface area contributed by atoms with E-state index in [1.165, 1.54) is 12.3 Å². The van der Waals surface area contributed by atoms with E-state index in [1.54, 1.807) is 12.1 Å². The number of carbonyl (C=O) groups excluding carboxylic acids is 1. The SMILES string of the molecule is CCCCOC(=O)c1c[nH]c2c(=O)[nH]c3cccc(S(=O)(=O)NC4CCNCC4)c3c12. The number of carbonyl (C=O) groups is 1. The highest BCUT2D eigenvalue weighted by Crippen LogP contribution is 2.31. The monoisotopic (exact) mass is 446 g/mol. The van der Waals surface area contributed by atoms with Gasteiger partial charge in [-0.25, -0.2) is 17.9 Å². The summed E-state index contributed by atoms with van der Waals surface area (Å²) in [6, 6.07) is 4.51. The van der Waals surface area contributed by atoms with Crippen LogP contribution in [-0.4, -0.2) is 50.1 Å². The first-order valence-corrected chi connectivity index (χ1v) is 12.0. The van der Waals surface area contributed by atoms with Crippen LogP contribution < -0.4 is 15.6 Å². The Kier molecular flexibility index (Phi) is 6.12. The van der Waals surface area contributed by atoms with Crippen molar-refractivity contribution in [3.63, 3.8) is 0 Å². The molecule has 0 amide bonds. The number of piperidine rings is 1. The van der Waals surface area contributed by atoms with Crippen molar-refractivity contribution >= 4 is 37.8 Å². The molecule has 3 aromatic rings. The molecule has 166 valence electrons. The second kappa shape index (κ2) is 8.81. The zero-order chi connectivity index (χ0) is 22.0. The molecule has 4 N–H and O–H groups in total. The lowest BCUT2D eigenvalue weighted by molar-refractivity contribution is 0.0502. The zero-order valence-electron chi connectivity index (χ0n) is 17.3. The molecule has 0 saturated carbocycles. The average Bonchev–Trinajstić information content (AvgIpc) is 3.20. The van der Waals surface area contributed by atoms with E-state index in [0.717, 1.165) is 25.9 Å². The number of H-pyrrole nitrogens is 2. The highest BCUT2D eigenvalue weighted by molar-refractivity contribution is 7.89. The minimum Gasteiger partial charge on any atom is -0.462 e. The second-order valence-electron chi connectivity index (χ2n) is 7.72. The Morgan fingerprint density at radius 1 is 1.23 bits per heavy atom. The van der Waals surface area contributed by atoms with Gasteiger partial charge >= 0.3 is 5.97 Å². The number of benzene rings is 1. The molecule has 2 aromatic heterocycles. The smallest absolute Gasteiger partial charge is 0.340 e. The van der Waals surface area contributed by atoms with Crippen molar-refractivity contribution in [3.05, 3.63) is 40.3 Å². The minimum atomic E-state index is -3.90. The zero-order valence-corrected chi connectivity index (χ0v) is 18.1. The summed E-state index contributed by atoms with van der Waals surface area (Å²) in [5.74, 6) is -0.592. The highest BCUT2D eigenvalue weighted by Gasteiger charge is 2.27. The summed E-state index contributed by atoms with van der Waals surface area (Å²) in [6.07, 6.45) is 4.37. The van der Waals surface area contributed by atoms with Gasteiger partial charge in [0.1, 0.15) is 5.52 Å². The van der Waals surface area contributed by atoms with Gasteiger partial charge in [0.15, 0.2) is 0 Å². The second-order valence-corrected chi connectivity index (χ2v) is 9.40. The number of pyridine rings is 1. The van der Waals surface area contributed by atoms with E-state index in [9.17, 15) is 18.0 Å². The maximum atomic E-state index is 13.3. The molecular formula is C21H26N4O5S. The summed E-state index contributed by atoms with van der Waals surface area (Å²) < 4.78 is 34.7. The van der Waals surface area contributed by atoms with Crippen LogP contribution in [0.2, 0.25) is 0 Å². The maximum absolute atomic E-state index is 13.3. The fourth-order valence-corrected chi connectivity index (χ4v) is 5.47. The molecule has 1 aliphatic heterocycles. The summed E-state index contributed by atoms with van der Waals surface area (Å²) in [6.45, 7) is 3.72. The molecule has 1 aliphatic rings. The molecule has 4 rings (SSSR count). The summed E-state index contributed by atoms with van der Waals surface area (Å²) in [4.78, 5) is 30.8. The van der Waals surface area contributed by atoms with Crippen LogP contribution in [0.5, 0.6) is 0 Å². The van der Waals surface area contributed by atoms with E-state index in [2.05, 4.69) is 20.0 Å². The Hall–Kier alpha value is -2.69. The number of ether oxygens (including phenoxy) is 1. The molecule has 10 heteroatoms. The molecule has 3 heterocycles. The third kappa shape index (κ3) is 4.23. The largest absolute Gasteiger partial charge is 0.462 e. The lowest BCUT2D eigenvalue weighted by Gasteiger charge is -2.23. The number of nitrogens with one attached hydrogen (secondary N) is 4. The first-order chi connectivity index (χ1) is 14.9. The first kappa shape index (κ1) is 21.5. The van der Waals surface area contributed by atoms with Gasteiger partial charge in [-0.2, -0.15) is 0 Å². The van der Waals surface area contributed by atoms with Crippen LogP contribution >= 0.6 is 0 Å². The lowest BCUT2D eigenvalue weighted by atomic mass is 10.1. The lowest BCUT2D eigenvalue weighted by Crippen LogP contribution is -2.42. The fraction of sp³-hybridized carbons (Fsp3) is 0.429. The van der Waals surface area contributed by atoms with Crippen molar-refractivity contribution in [2.45, 2.75) is 43.5 Å². The van der Waals surface area contributed by atoms with Gasteiger partial charge in [0.25, 0.3) is 5.56 Å². The highest BCUT2D eigenvalue weighted by atomic mass is 32.2. The van der Waals surface area contributed by atoms with Crippen LogP contribution in [0.1, 0.15) is 43.0 Å². The van der Waals surface area contributed by atoms with Crippen molar-refractivity contribution in [1.29, 1.82) is 0 Å². The van der Waals surface area contributed by atoms with Crippen LogP contribution in [0.15, 0.2) is 34.1 Å². The summed E-state index contributed by atoms with van der Waals surface area (Å²) in [7, 11) is -3.90. The summed E-state index contributed by atoms with van der Waals surface area (Å²) in [5.41, 5.74) is 0.190. The molecule has 0 radical (unpaired) electrons. The molecule has 0 atom stereocenters. The molecule has 0 unspecified atom stereocenters. The Morgan fingerprint density at radius 2 is 2.00 bits per heavy atom. The molecule has 0 aliphatic carbocycles. The Balaban J connectivity index is 1.87. The van der Waals surface area contributed by atoms with Gasteiger partial charge in [-0.1, -0.05) is 19.4 Å². The molecule has 0 bridgehead atoms. The number of aromatic amines is 2. The van der Waals surface area contributed by atoms with Gasteiger partial charge in [0.2, 0.25) is 10.0 Å².